The Hall–Kier alpha value is -3.02. The summed E-state index contributed by atoms with van der Waals surface area (Å²) >= 11 is 0. The lowest BCUT2D eigenvalue weighted by molar-refractivity contribution is 0.0950. The van der Waals surface area contributed by atoms with Crippen molar-refractivity contribution in [3.05, 3.63) is 89.2 Å². The van der Waals surface area contributed by atoms with Crippen LogP contribution >= 0.6 is 0 Å². The van der Waals surface area contributed by atoms with Crippen LogP contribution in [0.2, 0.25) is 0 Å². The first kappa shape index (κ1) is 15.9. The summed E-state index contributed by atoms with van der Waals surface area (Å²) in [7, 11) is 0. The fraction of sp³-hybridized carbons (Fsp3) is 0.111. The van der Waals surface area contributed by atoms with E-state index in [-0.39, 0.29) is 5.56 Å². The van der Waals surface area contributed by atoms with Gasteiger partial charge in [0.05, 0.1) is 6.54 Å². The lowest BCUT2D eigenvalue weighted by atomic mass is 10.1. The molecule has 0 unspecified atom stereocenters. The SMILES string of the molecule is O=C(NCc1ccc(Cn2cccn2)cc1)c1ccc(F)c(F)c1. The van der Waals surface area contributed by atoms with E-state index < -0.39 is 17.5 Å². The highest BCUT2D eigenvalue weighted by Gasteiger charge is 2.09. The Balaban J connectivity index is 1.58. The number of amides is 1. The molecule has 24 heavy (non-hydrogen) atoms. The molecule has 0 aliphatic carbocycles. The Kier molecular flexibility index (Phi) is 4.65. The van der Waals surface area contributed by atoms with Crippen LogP contribution in [0.5, 0.6) is 0 Å². The summed E-state index contributed by atoms with van der Waals surface area (Å²) < 4.78 is 27.8. The molecule has 1 amide bonds. The van der Waals surface area contributed by atoms with Crippen LogP contribution in [-0.4, -0.2) is 15.7 Å². The molecule has 0 saturated carbocycles. The molecule has 0 aliphatic rings. The standard InChI is InChI=1S/C18H15F2N3O/c19-16-7-6-15(10-17(16)20)18(24)21-11-13-2-4-14(5-3-13)12-23-9-1-8-22-23/h1-10H,11-12H2,(H,21,24). The molecule has 0 aliphatic heterocycles. The van der Waals surface area contributed by atoms with E-state index in [1.807, 2.05) is 41.2 Å². The van der Waals surface area contributed by atoms with Crippen LogP contribution in [0.1, 0.15) is 21.5 Å². The number of halogens is 2. The van der Waals surface area contributed by atoms with Gasteiger partial charge in [0.15, 0.2) is 11.6 Å². The third-order valence-corrected chi connectivity index (χ3v) is 3.56. The number of hydrogen-bond donors (Lipinski definition) is 1. The van der Waals surface area contributed by atoms with Crippen molar-refractivity contribution in [2.45, 2.75) is 13.1 Å². The summed E-state index contributed by atoms with van der Waals surface area (Å²) in [5, 5.41) is 6.82. The minimum Gasteiger partial charge on any atom is -0.348 e. The summed E-state index contributed by atoms with van der Waals surface area (Å²) in [5.41, 5.74) is 2.09. The predicted molar refractivity (Wildman–Crippen MR) is 85.3 cm³/mol. The van der Waals surface area contributed by atoms with Crippen LogP contribution in [0.4, 0.5) is 8.78 Å². The second-order valence-electron chi connectivity index (χ2n) is 5.33. The van der Waals surface area contributed by atoms with Crippen molar-refractivity contribution in [1.29, 1.82) is 0 Å². The normalized spacial score (nSPS) is 10.6. The van der Waals surface area contributed by atoms with E-state index in [1.54, 1.807) is 6.20 Å². The van der Waals surface area contributed by atoms with Gasteiger partial charge in [0, 0.05) is 24.5 Å². The number of benzene rings is 2. The van der Waals surface area contributed by atoms with Gasteiger partial charge in [-0.2, -0.15) is 5.10 Å². The summed E-state index contributed by atoms with van der Waals surface area (Å²) in [6, 6.07) is 12.7. The molecule has 3 aromatic rings. The van der Waals surface area contributed by atoms with Gasteiger partial charge >= 0.3 is 0 Å². The van der Waals surface area contributed by atoms with Crippen molar-refractivity contribution < 1.29 is 13.6 Å². The Morgan fingerprint density at radius 2 is 1.79 bits per heavy atom. The molecule has 0 spiro atoms. The van der Waals surface area contributed by atoms with Crippen molar-refractivity contribution >= 4 is 5.91 Å². The number of rotatable bonds is 5. The van der Waals surface area contributed by atoms with Gasteiger partial charge in [-0.3, -0.25) is 9.48 Å². The van der Waals surface area contributed by atoms with Gasteiger partial charge < -0.3 is 5.32 Å². The van der Waals surface area contributed by atoms with Crippen molar-refractivity contribution in [2.75, 3.05) is 0 Å². The molecule has 2 aromatic carbocycles. The Bertz CT molecular complexity index is 830. The molecule has 1 N–H and O–H groups in total. The number of carbonyl (C=O) groups is 1. The van der Waals surface area contributed by atoms with Crippen LogP contribution in [0.25, 0.3) is 0 Å². The van der Waals surface area contributed by atoms with Crippen LogP contribution in [0, 0.1) is 11.6 Å². The van der Waals surface area contributed by atoms with Gasteiger partial charge in [0.1, 0.15) is 0 Å². The van der Waals surface area contributed by atoms with E-state index in [1.165, 1.54) is 6.07 Å². The molecule has 3 rings (SSSR count). The smallest absolute Gasteiger partial charge is 0.251 e. The molecule has 4 nitrogen and oxygen atoms in total. The monoisotopic (exact) mass is 327 g/mol. The molecular formula is C18H15F2N3O. The first-order valence-corrected chi connectivity index (χ1v) is 7.40. The minimum absolute atomic E-state index is 0.0872. The number of carbonyl (C=O) groups excluding carboxylic acids is 1. The highest BCUT2D eigenvalue weighted by atomic mass is 19.2. The summed E-state index contributed by atoms with van der Waals surface area (Å²) in [6.45, 7) is 0.981. The zero-order chi connectivity index (χ0) is 16.9. The van der Waals surface area contributed by atoms with Gasteiger partial charge in [-0.05, 0) is 35.4 Å². The molecule has 1 aromatic heterocycles. The molecule has 0 saturated heterocycles. The van der Waals surface area contributed by atoms with E-state index >= 15 is 0 Å². The summed E-state index contributed by atoms with van der Waals surface area (Å²) in [4.78, 5) is 11.9. The first-order valence-electron chi connectivity index (χ1n) is 7.40. The molecule has 122 valence electrons. The van der Waals surface area contributed by atoms with E-state index in [4.69, 9.17) is 0 Å². The average molecular weight is 327 g/mol. The fourth-order valence-corrected chi connectivity index (χ4v) is 2.27. The largest absolute Gasteiger partial charge is 0.348 e. The number of hydrogen-bond acceptors (Lipinski definition) is 2. The molecule has 0 bridgehead atoms. The highest BCUT2D eigenvalue weighted by molar-refractivity contribution is 5.94. The lowest BCUT2D eigenvalue weighted by Gasteiger charge is -2.07. The Labute approximate surface area is 137 Å². The molecule has 1 heterocycles. The first-order chi connectivity index (χ1) is 11.6. The number of nitrogens with zero attached hydrogens (tertiary/aromatic N) is 2. The van der Waals surface area contributed by atoms with Gasteiger partial charge in [-0.15, -0.1) is 0 Å². The molecule has 6 heteroatoms. The van der Waals surface area contributed by atoms with E-state index in [0.717, 1.165) is 23.3 Å². The maximum absolute atomic E-state index is 13.1. The lowest BCUT2D eigenvalue weighted by Crippen LogP contribution is -2.23. The van der Waals surface area contributed by atoms with Crippen LogP contribution in [0.3, 0.4) is 0 Å². The van der Waals surface area contributed by atoms with Crippen LogP contribution < -0.4 is 5.32 Å². The maximum Gasteiger partial charge on any atom is 0.251 e. The fourth-order valence-electron chi connectivity index (χ4n) is 2.27. The van der Waals surface area contributed by atoms with Gasteiger partial charge in [0.25, 0.3) is 5.91 Å². The van der Waals surface area contributed by atoms with Crippen molar-refractivity contribution in [1.82, 2.24) is 15.1 Å². The van der Waals surface area contributed by atoms with Crippen LogP contribution in [0.15, 0.2) is 60.9 Å². The van der Waals surface area contributed by atoms with E-state index in [0.29, 0.717) is 13.1 Å². The molecule has 0 atom stereocenters. The van der Waals surface area contributed by atoms with E-state index in [2.05, 4.69) is 10.4 Å². The Morgan fingerprint density at radius 3 is 2.46 bits per heavy atom. The summed E-state index contributed by atoms with van der Waals surface area (Å²) in [6.07, 6.45) is 3.61. The number of nitrogens with one attached hydrogen (secondary N) is 1. The zero-order valence-corrected chi connectivity index (χ0v) is 12.7. The Morgan fingerprint density at radius 1 is 1.04 bits per heavy atom. The topological polar surface area (TPSA) is 46.9 Å². The van der Waals surface area contributed by atoms with Crippen molar-refractivity contribution in [2.24, 2.45) is 0 Å². The van der Waals surface area contributed by atoms with Gasteiger partial charge in [-0.1, -0.05) is 24.3 Å². The maximum atomic E-state index is 13.1. The third-order valence-electron chi connectivity index (χ3n) is 3.56. The van der Waals surface area contributed by atoms with Crippen molar-refractivity contribution in [3.8, 4) is 0 Å². The van der Waals surface area contributed by atoms with Crippen molar-refractivity contribution in [3.63, 3.8) is 0 Å². The zero-order valence-electron chi connectivity index (χ0n) is 12.7. The molecule has 0 fully saturated rings. The second kappa shape index (κ2) is 7.04. The average Bonchev–Trinajstić information content (AvgIpc) is 3.09. The summed E-state index contributed by atoms with van der Waals surface area (Å²) in [5.74, 6) is -2.46. The minimum atomic E-state index is -1.04. The highest BCUT2D eigenvalue weighted by Crippen LogP contribution is 2.10. The van der Waals surface area contributed by atoms with Gasteiger partial charge in [-0.25, -0.2) is 8.78 Å². The molecular weight excluding hydrogens is 312 g/mol. The second-order valence-corrected chi connectivity index (χ2v) is 5.33. The number of aromatic nitrogens is 2. The van der Waals surface area contributed by atoms with Crippen LogP contribution in [-0.2, 0) is 13.1 Å². The predicted octanol–water partition coefficient (Wildman–Crippen LogP) is 3.14. The quantitative estimate of drug-likeness (QED) is 0.782. The molecule has 0 radical (unpaired) electrons. The third kappa shape index (κ3) is 3.84. The van der Waals surface area contributed by atoms with Gasteiger partial charge in [0.2, 0.25) is 0 Å². The van der Waals surface area contributed by atoms with E-state index in [9.17, 15) is 13.6 Å².